The molecule has 0 aliphatic heterocycles. The minimum absolute atomic E-state index is 0.504. The molecule has 0 bridgehead atoms. The van der Waals surface area contributed by atoms with Gasteiger partial charge in [-0.05, 0) is 12.5 Å². The van der Waals surface area contributed by atoms with Crippen LogP contribution in [0.2, 0.25) is 0 Å². The normalized spacial score (nSPS) is 12.4. The van der Waals surface area contributed by atoms with Gasteiger partial charge >= 0.3 is 0 Å². The number of nitrogens with zero attached hydrogens (tertiary/aromatic N) is 2. The first-order valence-electron chi connectivity index (χ1n) is 5.27. The van der Waals surface area contributed by atoms with Crippen LogP contribution >= 0.6 is 0 Å². The Hall–Kier alpha value is -1.74. The number of aliphatic hydroxyl groups is 1. The zero-order chi connectivity index (χ0) is 11.4. The molecule has 1 N–H and O–H groups in total. The monoisotopic (exact) mass is 214 g/mol. The van der Waals surface area contributed by atoms with Crippen LogP contribution in [0.1, 0.15) is 23.1 Å². The molecule has 0 spiro atoms. The first kappa shape index (κ1) is 10.8. The van der Waals surface area contributed by atoms with Crippen molar-refractivity contribution >= 4 is 0 Å². The number of aliphatic hydroxyl groups excluding tert-OH is 1. The van der Waals surface area contributed by atoms with E-state index in [9.17, 15) is 5.11 Å². The summed E-state index contributed by atoms with van der Waals surface area (Å²) in [4.78, 5) is 8.37. The average molecular weight is 214 g/mol. The van der Waals surface area contributed by atoms with Crippen molar-refractivity contribution in [3.63, 3.8) is 0 Å². The predicted octanol–water partition coefficient (Wildman–Crippen LogP) is 2.06. The van der Waals surface area contributed by atoms with Gasteiger partial charge in [0.2, 0.25) is 0 Å². The van der Waals surface area contributed by atoms with Crippen LogP contribution in [0.4, 0.5) is 0 Å². The summed E-state index contributed by atoms with van der Waals surface area (Å²) >= 11 is 0. The highest BCUT2D eigenvalue weighted by Gasteiger charge is 2.10. The van der Waals surface area contributed by atoms with Gasteiger partial charge in [-0.2, -0.15) is 0 Å². The molecule has 0 fully saturated rings. The third-order valence-corrected chi connectivity index (χ3v) is 2.55. The standard InChI is InChI=1S/C13H14N2O/c1-10-12(15-8-7-14-10)9-13(16)11-5-3-2-4-6-11/h2-8,13,16H,9H2,1H3. The Morgan fingerprint density at radius 2 is 1.81 bits per heavy atom. The van der Waals surface area contributed by atoms with E-state index in [2.05, 4.69) is 9.97 Å². The third-order valence-electron chi connectivity index (χ3n) is 2.55. The van der Waals surface area contributed by atoms with Crippen molar-refractivity contribution in [3.8, 4) is 0 Å². The summed E-state index contributed by atoms with van der Waals surface area (Å²) in [5.74, 6) is 0. The molecule has 0 aliphatic carbocycles. The minimum atomic E-state index is -0.517. The molecular formula is C13H14N2O. The molecule has 2 rings (SSSR count). The number of rotatable bonds is 3. The molecular weight excluding hydrogens is 200 g/mol. The SMILES string of the molecule is Cc1nccnc1CC(O)c1ccccc1. The fourth-order valence-electron chi connectivity index (χ4n) is 1.61. The Bertz CT molecular complexity index is 456. The van der Waals surface area contributed by atoms with Crippen LogP contribution in [0.15, 0.2) is 42.7 Å². The summed E-state index contributed by atoms with van der Waals surface area (Å²) in [7, 11) is 0. The molecule has 1 aromatic carbocycles. The van der Waals surface area contributed by atoms with Crippen LogP contribution in [0.5, 0.6) is 0 Å². The van der Waals surface area contributed by atoms with Crippen LogP contribution in [0.3, 0.4) is 0 Å². The molecule has 3 nitrogen and oxygen atoms in total. The fraction of sp³-hybridized carbons (Fsp3) is 0.231. The first-order valence-corrected chi connectivity index (χ1v) is 5.27. The summed E-state index contributed by atoms with van der Waals surface area (Å²) in [6, 6.07) is 9.60. The second-order valence-corrected chi connectivity index (χ2v) is 3.72. The summed E-state index contributed by atoms with van der Waals surface area (Å²) in [6.07, 6.45) is 3.30. The largest absolute Gasteiger partial charge is 0.388 e. The number of aromatic nitrogens is 2. The van der Waals surface area contributed by atoms with E-state index in [1.165, 1.54) is 0 Å². The van der Waals surface area contributed by atoms with Crippen molar-refractivity contribution in [2.45, 2.75) is 19.4 Å². The number of benzene rings is 1. The molecule has 3 heteroatoms. The van der Waals surface area contributed by atoms with Gasteiger partial charge in [0.1, 0.15) is 0 Å². The average Bonchev–Trinajstić information content (AvgIpc) is 2.33. The third kappa shape index (κ3) is 2.44. The minimum Gasteiger partial charge on any atom is -0.388 e. The molecule has 0 saturated carbocycles. The van der Waals surface area contributed by atoms with Crippen molar-refractivity contribution in [1.82, 2.24) is 9.97 Å². The van der Waals surface area contributed by atoms with E-state index in [4.69, 9.17) is 0 Å². The Morgan fingerprint density at radius 3 is 2.50 bits per heavy atom. The van der Waals surface area contributed by atoms with Gasteiger partial charge in [-0.3, -0.25) is 9.97 Å². The van der Waals surface area contributed by atoms with Gasteiger partial charge in [0.15, 0.2) is 0 Å². The van der Waals surface area contributed by atoms with Gasteiger partial charge in [-0.15, -0.1) is 0 Å². The molecule has 2 aromatic rings. The molecule has 0 amide bonds. The summed E-state index contributed by atoms with van der Waals surface area (Å²) in [5.41, 5.74) is 2.63. The van der Waals surface area contributed by atoms with Crippen molar-refractivity contribution in [2.75, 3.05) is 0 Å². The van der Waals surface area contributed by atoms with Crippen molar-refractivity contribution in [1.29, 1.82) is 0 Å². The lowest BCUT2D eigenvalue weighted by Gasteiger charge is -2.11. The van der Waals surface area contributed by atoms with E-state index < -0.39 is 6.10 Å². The van der Waals surface area contributed by atoms with Crippen LogP contribution in [-0.2, 0) is 6.42 Å². The van der Waals surface area contributed by atoms with Crippen LogP contribution < -0.4 is 0 Å². The lowest BCUT2D eigenvalue weighted by atomic mass is 10.0. The molecule has 0 saturated heterocycles. The van der Waals surface area contributed by atoms with Crippen molar-refractivity contribution < 1.29 is 5.11 Å². The topological polar surface area (TPSA) is 46.0 Å². The van der Waals surface area contributed by atoms with Crippen molar-refractivity contribution in [3.05, 3.63) is 59.7 Å². The number of hydrogen-bond donors (Lipinski definition) is 1. The Balaban J connectivity index is 2.14. The highest BCUT2D eigenvalue weighted by Crippen LogP contribution is 2.17. The van der Waals surface area contributed by atoms with E-state index >= 15 is 0 Å². The predicted molar refractivity (Wildman–Crippen MR) is 61.9 cm³/mol. The molecule has 0 radical (unpaired) electrons. The molecule has 1 aromatic heterocycles. The highest BCUT2D eigenvalue weighted by molar-refractivity contribution is 5.20. The van der Waals surface area contributed by atoms with E-state index in [0.717, 1.165) is 17.0 Å². The summed E-state index contributed by atoms with van der Waals surface area (Å²) in [5, 5.41) is 10.0. The zero-order valence-corrected chi connectivity index (χ0v) is 9.17. The molecule has 1 unspecified atom stereocenters. The van der Waals surface area contributed by atoms with E-state index in [0.29, 0.717) is 6.42 Å². The summed E-state index contributed by atoms with van der Waals surface area (Å²) < 4.78 is 0. The van der Waals surface area contributed by atoms with Gasteiger partial charge in [0.25, 0.3) is 0 Å². The van der Waals surface area contributed by atoms with Gasteiger partial charge in [0, 0.05) is 18.8 Å². The quantitative estimate of drug-likeness (QED) is 0.850. The van der Waals surface area contributed by atoms with E-state index in [-0.39, 0.29) is 0 Å². The maximum Gasteiger partial charge on any atom is 0.0846 e. The second kappa shape index (κ2) is 4.86. The molecule has 1 heterocycles. The van der Waals surface area contributed by atoms with E-state index in [1.807, 2.05) is 37.3 Å². The molecule has 0 aliphatic rings. The van der Waals surface area contributed by atoms with Gasteiger partial charge in [0.05, 0.1) is 17.5 Å². The maximum atomic E-state index is 10.0. The maximum absolute atomic E-state index is 10.0. The van der Waals surface area contributed by atoms with Crippen LogP contribution in [0.25, 0.3) is 0 Å². The Morgan fingerprint density at radius 1 is 1.12 bits per heavy atom. The number of hydrogen-bond acceptors (Lipinski definition) is 3. The molecule has 1 atom stereocenters. The summed E-state index contributed by atoms with van der Waals surface area (Å²) in [6.45, 7) is 1.90. The van der Waals surface area contributed by atoms with Gasteiger partial charge in [-0.25, -0.2) is 0 Å². The van der Waals surface area contributed by atoms with Crippen LogP contribution in [0, 0.1) is 6.92 Å². The van der Waals surface area contributed by atoms with Gasteiger partial charge in [-0.1, -0.05) is 30.3 Å². The lowest BCUT2D eigenvalue weighted by molar-refractivity contribution is 0.177. The van der Waals surface area contributed by atoms with Crippen LogP contribution in [-0.4, -0.2) is 15.1 Å². The fourth-order valence-corrected chi connectivity index (χ4v) is 1.61. The Kier molecular flexibility index (Phi) is 3.27. The number of aryl methyl sites for hydroxylation is 1. The van der Waals surface area contributed by atoms with Gasteiger partial charge < -0.3 is 5.11 Å². The zero-order valence-electron chi connectivity index (χ0n) is 9.17. The lowest BCUT2D eigenvalue weighted by Crippen LogP contribution is -2.05. The van der Waals surface area contributed by atoms with E-state index in [1.54, 1.807) is 12.4 Å². The Labute approximate surface area is 94.8 Å². The smallest absolute Gasteiger partial charge is 0.0846 e. The second-order valence-electron chi connectivity index (χ2n) is 3.72. The molecule has 82 valence electrons. The molecule has 16 heavy (non-hydrogen) atoms. The highest BCUT2D eigenvalue weighted by atomic mass is 16.3. The first-order chi connectivity index (χ1) is 7.77. The van der Waals surface area contributed by atoms with Crippen molar-refractivity contribution in [2.24, 2.45) is 0 Å².